The van der Waals surface area contributed by atoms with Crippen LogP contribution in [0, 0.1) is 6.33 Å². The molecule has 0 amide bonds. The number of nitrogens with zero attached hydrogens (tertiary/aromatic N) is 5. The molecule has 6 nitrogen and oxygen atoms in total. The average molecular weight is 850 g/mol. The maximum atomic E-state index is 6.77. The zero-order valence-corrected chi connectivity index (χ0v) is 38.8. The number of aromatic nitrogens is 5. The van der Waals surface area contributed by atoms with Crippen molar-refractivity contribution in [2.24, 2.45) is 0 Å². The minimum absolute atomic E-state index is 0.0221. The molecule has 0 bridgehead atoms. The number of benzene rings is 6. The van der Waals surface area contributed by atoms with Crippen LogP contribution in [0.25, 0.3) is 72.4 Å². The second-order valence-corrected chi connectivity index (χ2v) is 20.2. The van der Waals surface area contributed by atoms with Gasteiger partial charge in [0.25, 0.3) is 6.33 Å². The zero-order chi connectivity index (χ0) is 45.3. The smallest absolute Gasteiger partial charge is 0.271 e. The minimum Gasteiger partial charge on any atom is -0.458 e. The zero-order valence-electron chi connectivity index (χ0n) is 38.8. The van der Waals surface area contributed by atoms with E-state index in [1.807, 2.05) is 24.5 Å². The fourth-order valence-electron chi connectivity index (χ4n) is 9.25. The van der Waals surface area contributed by atoms with Gasteiger partial charge in [-0.3, -0.25) is 18.7 Å². The van der Waals surface area contributed by atoms with Crippen molar-refractivity contribution in [3.05, 3.63) is 193 Å². The van der Waals surface area contributed by atoms with Crippen LogP contribution in [-0.4, -0.2) is 19.1 Å². The Morgan fingerprint density at radius 1 is 0.477 bits per heavy atom. The van der Waals surface area contributed by atoms with Gasteiger partial charge < -0.3 is 4.74 Å². The Balaban J connectivity index is 1.15. The molecule has 0 aliphatic carbocycles. The molecule has 0 atom stereocenters. The SMILES string of the molecule is CC(C)(C)c1ccnc(-n2c3ccccc3c3ccc(Oc4ccnc(-n5[c-][n+](-c6c(-c7ccccc7)c(C(C)(C)C)cc(C(C)(C)C)c6-c6ccccc6)c6ccccc65)c4)cc32)c1. The minimum atomic E-state index is -0.175. The van der Waals surface area contributed by atoms with E-state index < -0.39 is 0 Å². The van der Waals surface area contributed by atoms with E-state index >= 15 is 0 Å². The molecular weight excluding hydrogens is 795 g/mol. The Morgan fingerprint density at radius 3 is 1.68 bits per heavy atom. The number of rotatable bonds is 7. The first kappa shape index (κ1) is 41.7. The molecule has 10 rings (SSSR count). The molecule has 6 aromatic carbocycles. The highest BCUT2D eigenvalue weighted by Crippen LogP contribution is 2.46. The van der Waals surface area contributed by atoms with Crippen molar-refractivity contribution in [2.45, 2.75) is 78.6 Å². The number of para-hydroxylation sites is 3. The highest BCUT2D eigenvalue weighted by atomic mass is 16.5. The fourth-order valence-corrected chi connectivity index (χ4v) is 9.25. The number of ether oxygens (including phenoxy) is 1. The van der Waals surface area contributed by atoms with Crippen molar-refractivity contribution in [2.75, 3.05) is 0 Å². The Hall–Kier alpha value is -7.31. The third-order valence-electron chi connectivity index (χ3n) is 12.5. The van der Waals surface area contributed by atoms with Gasteiger partial charge in [-0.05, 0) is 91.6 Å². The lowest BCUT2D eigenvalue weighted by molar-refractivity contribution is -0.571. The van der Waals surface area contributed by atoms with Gasteiger partial charge in [-0.1, -0.05) is 172 Å². The molecule has 0 saturated heterocycles. The van der Waals surface area contributed by atoms with Gasteiger partial charge in [0.05, 0.1) is 27.8 Å². The standard InChI is InChI=1S/C59H55N5O/c1-57(2,3)41-30-32-61-53(34-41)64-48-25-17-16-24-44(48)45-29-28-42(35-51(45)64)65-43-31-33-60-52(36-43)62-38-63(50-27-19-18-26-49(50)62)56-54(39-20-12-10-13-21-39)46(58(4,5)6)37-47(59(7,8)9)55(56)40-22-14-11-15-23-40/h10-37H,1-9H3. The highest BCUT2D eigenvalue weighted by molar-refractivity contribution is 6.09. The van der Waals surface area contributed by atoms with Crippen molar-refractivity contribution in [1.82, 2.24) is 19.1 Å². The summed E-state index contributed by atoms with van der Waals surface area (Å²) in [6.45, 7) is 20.6. The van der Waals surface area contributed by atoms with Gasteiger partial charge in [-0.15, -0.1) is 0 Å². The first-order valence-corrected chi connectivity index (χ1v) is 22.6. The maximum Gasteiger partial charge on any atom is 0.271 e. The molecule has 10 aromatic rings. The predicted octanol–water partition coefficient (Wildman–Crippen LogP) is 14.6. The third-order valence-corrected chi connectivity index (χ3v) is 12.5. The van der Waals surface area contributed by atoms with Crippen LogP contribution in [-0.2, 0) is 16.2 Å². The van der Waals surface area contributed by atoms with E-state index in [1.165, 1.54) is 33.2 Å². The maximum absolute atomic E-state index is 6.77. The van der Waals surface area contributed by atoms with Crippen molar-refractivity contribution >= 4 is 32.8 Å². The summed E-state index contributed by atoms with van der Waals surface area (Å²) in [5.74, 6) is 2.96. The molecule has 4 heterocycles. The quantitative estimate of drug-likeness (QED) is 0.119. The Morgan fingerprint density at radius 2 is 1.03 bits per heavy atom. The number of hydrogen-bond acceptors (Lipinski definition) is 3. The number of imidazole rings is 1. The van der Waals surface area contributed by atoms with Gasteiger partial charge in [0, 0.05) is 35.3 Å². The average Bonchev–Trinajstić information content (AvgIpc) is 3.84. The van der Waals surface area contributed by atoms with Gasteiger partial charge in [-0.25, -0.2) is 4.98 Å². The van der Waals surface area contributed by atoms with E-state index in [0.29, 0.717) is 11.6 Å². The van der Waals surface area contributed by atoms with Gasteiger partial charge in [0.1, 0.15) is 17.3 Å². The summed E-state index contributed by atoms with van der Waals surface area (Å²) in [5.41, 5.74) is 13.3. The second kappa shape index (κ2) is 15.7. The summed E-state index contributed by atoms with van der Waals surface area (Å²) in [7, 11) is 0. The van der Waals surface area contributed by atoms with E-state index in [4.69, 9.17) is 14.7 Å². The summed E-state index contributed by atoms with van der Waals surface area (Å²) in [6, 6.07) is 55.7. The molecule has 0 spiro atoms. The van der Waals surface area contributed by atoms with E-state index in [-0.39, 0.29) is 16.2 Å². The Labute approximate surface area is 382 Å². The van der Waals surface area contributed by atoms with Crippen LogP contribution >= 0.6 is 0 Å². The monoisotopic (exact) mass is 849 g/mol. The van der Waals surface area contributed by atoms with Crippen LogP contribution in [0.3, 0.4) is 0 Å². The van der Waals surface area contributed by atoms with Crippen LogP contribution in [0.2, 0.25) is 0 Å². The number of pyridine rings is 2. The van der Waals surface area contributed by atoms with Gasteiger partial charge in [0.2, 0.25) is 0 Å². The summed E-state index contributed by atoms with van der Waals surface area (Å²) in [4.78, 5) is 9.86. The first-order chi connectivity index (χ1) is 31.1. The van der Waals surface area contributed by atoms with Crippen LogP contribution in [0.15, 0.2) is 170 Å². The normalized spacial score (nSPS) is 12.4. The molecule has 6 heteroatoms. The van der Waals surface area contributed by atoms with Crippen molar-refractivity contribution in [3.63, 3.8) is 0 Å². The van der Waals surface area contributed by atoms with E-state index in [9.17, 15) is 0 Å². The van der Waals surface area contributed by atoms with Crippen molar-refractivity contribution in [1.29, 1.82) is 0 Å². The Bertz CT molecular complexity index is 3320. The molecule has 0 fully saturated rings. The molecular formula is C59H55N5O. The fraction of sp³-hybridized carbons (Fsp3) is 0.203. The predicted molar refractivity (Wildman–Crippen MR) is 267 cm³/mol. The first-order valence-electron chi connectivity index (χ1n) is 22.6. The number of fused-ring (bicyclic) bond motifs is 4. The van der Waals surface area contributed by atoms with Gasteiger partial charge in [-0.2, -0.15) is 0 Å². The third kappa shape index (κ3) is 7.57. The van der Waals surface area contributed by atoms with Crippen LogP contribution in [0.5, 0.6) is 11.5 Å². The van der Waals surface area contributed by atoms with Crippen LogP contribution < -0.4 is 9.30 Å². The molecule has 0 unspecified atom stereocenters. The lowest BCUT2D eigenvalue weighted by Crippen LogP contribution is -2.34. The molecule has 4 aromatic heterocycles. The van der Waals surface area contributed by atoms with Crippen molar-refractivity contribution in [3.8, 4) is 51.1 Å². The second-order valence-electron chi connectivity index (χ2n) is 20.2. The lowest BCUT2D eigenvalue weighted by atomic mass is 9.73. The van der Waals surface area contributed by atoms with E-state index in [2.05, 4.69) is 228 Å². The van der Waals surface area contributed by atoms with Crippen molar-refractivity contribution < 1.29 is 9.30 Å². The van der Waals surface area contributed by atoms with Crippen LogP contribution in [0.4, 0.5) is 0 Å². The van der Waals surface area contributed by atoms with Gasteiger partial charge in [0.15, 0.2) is 5.82 Å². The lowest BCUT2D eigenvalue weighted by Gasteiger charge is -2.33. The molecule has 0 aliphatic rings. The summed E-state index contributed by atoms with van der Waals surface area (Å²) in [5, 5.41) is 2.30. The molecule has 0 aliphatic heterocycles. The highest BCUT2D eigenvalue weighted by Gasteiger charge is 2.32. The van der Waals surface area contributed by atoms with E-state index in [0.717, 1.165) is 55.8 Å². The Kier molecular flexibility index (Phi) is 10.1. The topological polar surface area (TPSA) is 48.8 Å². The molecule has 0 saturated carbocycles. The summed E-state index contributed by atoms with van der Waals surface area (Å²) in [6.07, 6.45) is 7.61. The molecule has 0 N–H and O–H groups in total. The van der Waals surface area contributed by atoms with Gasteiger partial charge >= 0.3 is 0 Å². The summed E-state index contributed by atoms with van der Waals surface area (Å²) >= 11 is 0. The molecule has 65 heavy (non-hydrogen) atoms. The largest absolute Gasteiger partial charge is 0.458 e. The van der Waals surface area contributed by atoms with E-state index in [1.54, 1.807) is 0 Å². The number of hydrogen-bond donors (Lipinski definition) is 0. The molecule has 322 valence electrons. The van der Waals surface area contributed by atoms with Crippen LogP contribution in [0.1, 0.15) is 79.0 Å². The molecule has 0 radical (unpaired) electrons. The summed E-state index contributed by atoms with van der Waals surface area (Å²) < 4.78 is 13.4.